The molecule has 0 spiro atoms. The van der Waals surface area contributed by atoms with Gasteiger partial charge in [0.15, 0.2) is 5.58 Å². The van der Waals surface area contributed by atoms with Crippen LogP contribution in [0.25, 0.3) is 22.4 Å². The molecule has 0 saturated carbocycles. The summed E-state index contributed by atoms with van der Waals surface area (Å²) < 4.78 is 5.57. The average Bonchev–Trinajstić information content (AvgIpc) is 2.40. The van der Waals surface area contributed by atoms with Crippen LogP contribution in [0.5, 0.6) is 5.75 Å². The van der Waals surface area contributed by atoms with E-state index in [1.165, 1.54) is 30.3 Å². The molecule has 1 aromatic carbocycles. The number of nitrogens with one attached hydrogen (secondary N) is 1. The standard InChI is InChI=1S/C14H9NO4/c16-9-3-1-8(2-4-9)12-7-10(17)14-11(19-12)5-6-13(18)15-14/h1-7,16H,(H,15,18). The minimum atomic E-state index is -0.350. The largest absolute Gasteiger partial charge is 0.508 e. The van der Waals surface area contributed by atoms with Crippen molar-refractivity contribution in [1.29, 1.82) is 0 Å². The van der Waals surface area contributed by atoms with Gasteiger partial charge in [0.2, 0.25) is 11.0 Å². The van der Waals surface area contributed by atoms with E-state index < -0.39 is 0 Å². The van der Waals surface area contributed by atoms with Crippen LogP contribution in [0.15, 0.2) is 56.5 Å². The Balaban J connectivity index is 2.26. The number of rotatable bonds is 1. The van der Waals surface area contributed by atoms with E-state index in [0.29, 0.717) is 16.9 Å². The highest BCUT2D eigenvalue weighted by atomic mass is 16.3. The predicted octanol–water partition coefficient (Wildman–Crippen LogP) is 1.85. The Hall–Kier alpha value is -2.82. The van der Waals surface area contributed by atoms with Gasteiger partial charge in [-0.15, -0.1) is 0 Å². The Morgan fingerprint density at radius 2 is 1.74 bits per heavy atom. The number of pyridine rings is 1. The van der Waals surface area contributed by atoms with Crippen LogP contribution in [0, 0.1) is 0 Å². The second-order valence-corrected chi connectivity index (χ2v) is 4.08. The van der Waals surface area contributed by atoms with Crippen molar-refractivity contribution < 1.29 is 9.52 Å². The van der Waals surface area contributed by atoms with Crippen molar-refractivity contribution in [1.82, 2.24) is 4.98 Å². The summed E-state index contributed by atoms with van der Waals surface area (Å²) in [5.41, 5.74) is 0.465. The van der Waals surface area contributed by atoms with Crippen LogP contribution in [-0.2, 0) is 0 Å². The van der Waals surface area contributed by atoms with E-state index in [1.54, 1.807) is 12.1 Å². The number of aromatic hydroxyl groups is 1. The average molecular weight is 255 g/mol. The number of hydrogen-bond acceptors (Lipinski definition) is 4. The number of phenols is 1. The summed E-state index contributed by atoms with van der Waals surface area (Å²) in [5.74, 6) is 0.515. The molecule has 2 N–H and O–H groups in total. The number of phenolic OH excluding ortho intramolecular Hbond substituents is 1. The zero-order valence-electron chi connectivity index (χ0n) is 9.71. The van der Waals surface area contributed by atoms with Gasteiger partial charge >= 0.3 is 0 Å². The van der Waals surface area contributed by atoms with Crippen LogP contribution in [-0.4, -0.2) is 10.1 Å². The summed E-state index contributed by atoms with van der Waals surface area (Å²) in [6.45, 7) is 0. The monoisotopic (exact) mass is 255 g/mol. The summed E-state index contributed by atoms with van der Waals surface area (Å²) >= 11 is 0. The van der Waals surface area contributed by atoms with E-state index >= 15 is 0 Å². The fourth-order valence-electron chi connectivity index (χ4n) is 1.84. The van der Waals surface area contributed by atoms with Crippen molar-refractivity contribution in [2.75, 3.05) is 0 Å². The summed E-state index contributed by atoms with van der Waals surface area (Å²) in [6.07, 6.45) is 0. The van der Waals surface area contributed by atoms with Gasteiger partial charge in [-0.1, -0.05) is 0 Å². The lowest BCUT2D eigenvalue weighted by molar-refractivity contribution is 0.475. The summed E-state index contributed by atoms with van der Waals surface area (Å²) in [7, 11) is 0. The molecule has 2 heterocycles. The molecule has 0 radical (unpaired) electrons. The van der Waals surface area contributed by atoms with Crippen LogP contribution >= 0.6 is 0 Å². The van der Waals surface area contributed by atoms with Gasteiger partial charge in [0.1, 0.15) is 17.0 Å². The minimum Gasteiger partial charge on any atom is -0.508 e. The van der Waals surface area contributed by atoms with Crippen LogP contribution in [0.3, 0.4) is 0 Å². The van der Waals surface area contributed by atoms with E-state index in [9.17, 15) is 14.7 Å². The summed E-state index contributed by atoms with van der Waals surface area (Å²) in [5, 5.41) is 9.23. The van der Waals surface area contributed by atoms with Crippen molar-refractivity contribution in [3.8, 4) is 17.1 Å². The first kappa shape index (κ1) is 11.3. The fourth-order valence-corrected chi connectivity index (χ4v) is 1.84. The van der Waals surface area contributed by atoms with Crippen molar-refractivity contribution in [3.63, 3.8) is 0 Å². The number of H-pyrrole nitrogens is 1. The lowest BCUT2D eigenvalue weighted by Gasteiger charge is -2.02. The molecule has 0 fully saturated rings. The Morgan fingerprint density at radius 1 is 1.00 bits per heavy atom. The highest BCUT2D eigenvalue weighted by molar-refractivity contribution is 5.74. The Labute approximate surface area is 106 Å². The zero-order valence-corrected chi connectivity index (χ0v) is 9.71. The third kappa shape index (κ3) is 2.01. The molecule has 3 aromatic rings. The van der Waals surface area contributed by atoms with Crippen molar-refractivity contribution in [3.05, 3.63) is 63.0 Å². The topological polar surface area (TPSA) is 83.3 Å². The number of fused-ring (bicyclic) bond motifs is 1. The molecule has 3 rings (SSSR count). The molecule has 0 atom stereocenters. The van der Waals surface area contributed by atoms with Gasteiger partial charge in [0.25, 0.3) is 0 Å². The maximum Gasteiger partial charge on any atom is 0.248 e. The molecule has 0 saturated heterocycles. The van der Waals surface area contributed by atoms with Gasteiger partial charge in [0.05, 0.1) is 0 Å². The lowest BCUT2D eigenvalue weighted by atomic mass is 10.1. The fraction of sp³-hybridized carbons (Fsp3) is 0. The molecule has 5 heteroatoms. The number of benzene rings is 1. The van der Waals surface area contributed by atoms with Gasteiger partial charge in [0, 0.05) is 17.7 Å². The molecule has 2 aromatic heterocycles. The molecule has 94 valence electrons. The Bertz CT molecular complexity index is 859. The molecular formula is C14H9NO4. The Kier molecular flexibility index (Phi) is 2.45. The summed E-state index contributed by atoms with van der Waals surface area (Å²) in [4.78, 5) is 25.5. The van der Waals surface area contributed by atoms with Crippen LogP contribution in [0.2, 0.25) is 0 Å². The second-order valence-electron chi connectivity index (χ2n) is 4.08. The SMILES string of the molecule is O=c1ccc2oc(-c3ccc(O)cc3)cc(=O)c2[nH]1. The highest BCUT2D eigenvalue weighted by Gasteiger charge is 2.07. The third-order valence-corrected chi connectivity index (χ3v) is 2.76. The van der Waals surface area contributed by atoms with Crippen molar-refractivity contribution >= 4 is 11.1 Å². The van der Waals surface area contributed by atoms with E-state index in [1.807, 2.05) is 0 Å². The van der Waals surface area contributed by atoms with Gasteiger partial charge < -0.3 is 14.5 Å². The highest BCUT2D eigenvalue weighted by Crippen LogP contribution is 2.22. The number of aromatic nitrogens is 1. The van der Waals surface area contributed by atoms with Gasteiger partial charge in [-0.25, -0.2) is 0 Å². The molecule has 0 aliphatic heterocycles. The minimum absolute atomic E-state index is 0.135. The number of hydrogen-bond donors (Lipinski definition) is 2. The maximum atomic E-state index is 11.9. The van der Waals surface area contributed by atoms with E-state index in [0.717, 1.165) is 0 Å². The normalized spacial score (nSPS) is 10.7. The molecule has 19 heavy (non-hydrogen) atoms. The van der Waals surface area contributed by atoms with E-state index in [-0.39, 0.29) is 22.3 Å². The van der Waals surface area contributed by atoms with Gasteiger partial charge in [-0.2, -0.15) is 0 Å². The van der Waals surface area contributed by atoms with Gasteiger partial charge in [-0.05, 0) is 30.3 Å². The molecule has 0 amide bonds. The predicted molar refractivity (Wildman–Crippen MR) is 70.2 cm³/mol. The van der Waals surface area contributed by atoms with Crippen molar-refractivity contribution in [2.45, 2.75) is 0 Å². The molecular weight excluding hydrogens is 246 g/mol. The maximum absolute atomic E-state index is 11.9. The second kappa shape index (κ2) is 4.13. The quantitative estimate of drug-likeness (QED) is 0.695. The first-order chi connectivity index (χ1) is 9.13. The zero-order chi connectivity index (χ0) is 13.4. The first-order valence-corrected chi connectivity index (χ1v) is 5.60. The first-order valence-electron chi connectivity index (χ1n) is 5.60. The van der Waals surface area contributed by atoms with E-state index in [2.05, 4.69) is 4.98 Å². The van der Waals surface area contributed by atoms with Crippen LogP contribution in [0.4, 0.5) is 0 Å². The van der Waals surface area contributed by atoms with Crippen LogP contribution in [0.1, 0.15) is 0 Å². The summed E-state index contributed by atoms with van der Waals surface area (Å²) in [6, 6.07) is 10.4. The lowest BCUT2D eigenvalue weighted by Crippen LogP contribution is -2.10. The van der Waals surface area contributed by atoms with Crippen LogP contribution < -0.4 is 11.0 Å². The number of aromatic amines is 1. The molecule has 0 aliphatic rings. The molecule has 0 aliphatic carbocycles. The Morgan fingerprint density at radius 3 is 2.47 bits per heavy atom. The van der Waals surface area contributed by atoms with Crippen molar-refractivity contribution in [2.24, 2.45) is 0 Å². The van der Waals surface area contributed by atoms with Gasteiger partial charge in [-0.3, -0.25) is 9.59 Å². The smallest absolute Gasteiger partial charge is 0.248 e. The third-order valence-electron chi connectivity index (χ3n) is 2.76. The molecule has 0 bridgehead atoms. The van der Waals surface area contributed by atoms with E-state index in [4.69, 9.17) is 4.42 Å². The molecule has 5 nitrogen and oxygen atoms in total. The molecule has 0 unspecified atom stereocenters.